The molecule has 0 aliphatic carbocycles. The lowest BCUT2D eigenvalue weighted by Crippen LogP contribution is -2.35. The highest BCUT2D eigenvalue weighted by atomic mass is 35.5. The molecule has 0 aliphatic heterocycles. The van der Waals surface area contributed by atoms with Crippen LogP contribution >= 0.6 is 11.6 Å². The van der Waals surface area contributed by atoms with Gasteiger partial charge in [0, 0.05) is 12.1 Å². The smallest absolute Gasteiger partial charge is 0.288 e. The zero-order valence-corrected chi connectivity index (χ0v) is 9.64. The molecule has 2 N–H and O–H groups in total. The van der Waals surface area contributed by atoms with Crippen molar-refractivity contribution in [2.45, 2.75) is 13.0 Å². The van der Waals surface area contributed by atoms with Gasteiger partial charge in [-0.25, -0.2) is 4.98 Å². The fourth-order valence-corrected chi connectivity index (χ4v) is 1.23. The lowest BCUT2D eigenvalue weighted by Gasteiger charge is -2.10. The van der Waals surface area contributed by atoms with E-state index in [1.165, 1.54) is 0 Å². The molecule has 8 heteroatoms. The van der Waals surface area contributed by atoms with E-state index in [1.807, 2.05) is 0 Å². The van der Waals surface area contributed by atoms with E-state index in [0.29, 0.717) is 0 Å². The first-order valence-corrected chi connectivity index (χ1v) is 5.05. The van der Waals surface area contributed by atoms with Crippen molar-refractivity contribution in [1.82, 2.24) is 10.3 Å². The molecule has 0 aromatic carbocycles. The molecule has 0 spiro atoms. The molecule has 1 amide bonds. The minimum atomic E-state index is -0.671. The number of pyridine rings is 1. The van der Waals surface area contributed by atoms with Crippen molar-refractivity contribution >= 4 is 23.2 Å². The van der Waals surface area contributed by atoms with Crippen LogP contribution in [0.3, 0.4) is 0 Å². The summed E-state index contributed by atoms with van der Waals surface area (Å²) < 4.78 is 0. The van der Waals surface area contributed by atoms with Crippen molar-refractivity contribution in [3.05, 3.63) is 33.1 Å². The summed E-state index contributed by atoms with van der Waals surface area (Å²) in [6.07, 6.45) is 0.967. The van der Waals surface area contributed by atoms with Crippen LogP contribution in [0.15, 0.2) is 12.3 Å². The van der Waals surface area contributed by atoms with Crippen molar-refractivity contribution in [1.29, 1.82) is 0 Å². The summed E-state index contributed by atoms with van der Waals surface area (Å²) in [6, 6.07) is 0.562. The number of rotatable bonds is 4. The van der Waals surface area contributed by atoms with Gasteiger partial charge in [-0.2, -0.15) is 0 Å². The summed E-state index contributed by atoms with van der Waals surface area (Å²) >= 11 is 5.67. The monoisotopic (exact) mass is 259 g/mol. The molecule has 1 rings (SSSR count). The summed E-state index contributed by atoms with van der Waals surface area (Å²) in [7, 11) is 0. The number of amides is 1. The molecule has 1 atom stereocenters. The second-order valence-electron chi connectivity index (χ2n) is 3.35. The van der Waals surface area contributed by atoms with Crippen molar-refractivity contribution in [2.24, 2.45) is 0 Å². The third-order valence-corrected chi connectivity index (χ3v) is 2.23. The molecule has 0 saturated carbocycles. The number of nitro groups is 1. The SMILES string of the molecule is CC(CO)NC(=O)c1cc([N+](=O)[O-])cnc1Cl. The van der Waals surface area contributed by atoms with E-state index in [9.17, 15) is 14.9 Å². The van der Waals surface area contributed by atoms with Gasteiger partial charge in [0.25, 0.3) is 11.6 Å². The zero-order chi connectivity index (χ0) is 13.0. The highest BCUT2D eigenvalue weighted by molar-refractivity contribution is 6.32. The topological polar surface area (TPSA) is 105 Å². The second kappa shape index (κ2) is 5.55. The minimum Gasteiger partial charge on any atom is -0.394 e. The first-order chi connectivity index (χ1) is 7.95. The standard InChI is InChI=1S/C9H10ClN3O4/c1-5(4-14)12-9(15)7-2-6(13(16)17)3-11-8(7)10/h2-3,5,14H,4H2,1H3,(H,12,15). The van der Waals surface area contributed by atoms with Gasteiger partial charge >= 0.3 is 0 Å². The van der Waals surface area contributed by atoms with Crippen molar-refractivity contribution in [3.63, 3.8) is 0 Å². The number of halogens is 1. The van der Waals surface area contributed by atoms with Gasteiger partial charge in [-0.1, -0.05) is 11.6 Å². The van der Waals surface area contributed by atoms with E-state index in [1.54, 1.807) is 6.92 Å². The summed E-state index contributed by atoms with van der Waals surface area (Å²) in [5.41, 5.74) is -0.419. The molecule has 7 nitrogen and oxygen atoms in total. The Hall–Kier alpha value is -1.73. The summed E-state index contributed by atoms with van der Waals surface area (Å²) in [5.74, 6) is -0.618. The van der Waals surface area contributed by atoms with Crippen LogP contribution in [0.4, 0.5) is 5.69 Å². The molecule has 92 valence electrons. The van der Waals surface area contributed by atoms with E-state index in [4.69, 9.17) is 16.7 Å². The van der Waals surface area contributed by atoms with Gasteiger partial charge in [-0.05, 0) is 6.92 Å². The fraction of sp³-hybridized carbons (Fsp3) is 0.333. The number of carbonyl (C=O) groups excluding carboxylic acids is 1. The molecule has 1 aromatic heterocycles. The highest BCUT2D eigenvalue weighted by Crippen LogP contribution is 2.18. The molecule has 0 bridgehead atoms. The molecular formula is C9H10ClN3O4. The van der Waals surface area contributed by atoms with Crippen LogP contribution in [0.5, 0.6) is 0 Å². The summed E-state index contributed by atoms with van der Waals surface area (Å²) in [4.78, 5) is 25.0. The fourth-order valence-electron chi connectivity index (χ4n) is 1.04. The first kappa shape index (κ1) is 13.3. The van der Waals surface area contributed by atoms with Gasteiger partial charge in [0.15, 0.2) is 0 Å². The third kappa shape index (κ3) is 3.36. The minimum absolute atomic E-state index is 0.0961. The van der Waals surface area contributed by atoms with E-state index >= 15 is 0 Å². The molecule has 0 saturated heterocycles. The maximum absolute atomic E-state index is 11.6. The first-order valence-electron chi connectivity index (χ1n) is 4.67. The van der Waals surface area contributed by atoms with Gasteiger partial charge in [-0.3, -0.25) is 14.9 Å². The molecule has 0 aliphatic rings. The maximum atomic E-state index is 11.6. The number of carbonyl (C=O) groups is 1. The number of aliphatic hydroxyl groups excluding tert-OH is 1. The Labute approximate surface area is 102 Å². The molecule has 1 aromatic rings. The Balaban J connectivity index is 3.00. The number of aliphatic hydroxyl groups is 1. The van der Waals surface area contributed by atoms with Crippen molar-refractivity contribution < 1.29 is 14.8 Å². The van der Waals surface area contributed by atoms with Crippen LogP contribution in [-0.4, -0.2) is 33.6 Å². The van der Waals surface area contributed by atoms with E-state index in [-0.39, 0.29) is 23.0 Å². The zero-order valence-electron chi connectivity index (χ0n) is 8.88. The molecule has 0 radical (unpaired) electrons. The molecule has 0 fully saturated rings. The molecule has 17 heavy (non-hydrogen) atoms. The van der Waals surface area contributed by atoms with Crippen molar-refractivity contribution in [3.8, 4) is 0 Å². The summed E-state index contributed by atoms with van der Waals surface area (Å²) in [5, 5.41) is 21.6. The van der Waals surface area contributed by atoms with E-state index in [0.717, 1.165) is 12.3 Å². The average molecular weight is 260 g/mol. The normalized spacial score (nSPS) is 11.9. The van der Waals surface area contributed by atoms with Crippen LogP contribution in [0.1, 0.15) is 17.3 Å². The molecule has 1 unspecified atom stereocenters. The lowest BCUT2D eigenvalue weighted by atomic mass is 10.2. The van der Waals surface area contributed by atoms with E-state index in [2.05, 4.69) is 10.3 Å². The predicted molar refractivity (Wildman–Crippen MR) is 59.9 cm³/mol. The molecular weight excluding hydrogens is 250 g/mol. The number of aromatic nitrogens is 1. The van der Waals surface area contributed by atoms with Gasteiger partial charge in [0.2, 0.25) is 0 Å². The van der Waals surface area contributed by atoms with Gasteiger partial charge in [0.05, 0.1) is 17.1 Å². The average Bonchev–Trinajstić information content (AvgIpc) is 2.28. The molecule has 1 heterocycles. The van der Waals surface area contributed by atoms with Crippen LogP contribution < -0.4 is 5.32 Å². The Kier molecular flexibility index (Phi) is 4.36. The Morgan fingerprint density at radius 2 is 2.41 bits per heavy atom. The number of hydrogen-bond donors (Lipinski definition) is 2. The predicted octanol–water partition coefficient (Wildman–Crippen LogP) is 0.754. The van der Waals surface area contributed by atoms with Crippen LogP contribution in [-0.2, 0) is 0 Å². The number of nitrogens with one attached hydrogen (secondary N) is 1. The quantitative estimate of drug-likeness (QED) is 0.472. The Morgan fingerprint density at radius 1 is 1.76 bits per heavy atom. The maximum Gasteiger partial charge on any atom is 0.288 e. The Morgan fingerprint density at radius 3 is 2.94 bits per heavy atom. The Bertz CT molecular complexity index is 452. The summed E-state index contributed by atoms with van der Waals surface area (Å²) in [6.45, 7) is 1.34. The van der Waals surface area contributed by atoms with E-state index < -0.39 is 16.9 Å². The van der Waals surface area contributed by atoms with Gasteiger partial charge < -0.3 is 10.4 Å². The second-order valence-corrected chi connectivity index (χ2v) is 3.70. The highest BCUT2D eigenvalue weighted by Gasteiger charge is 2.18. The van der Waals surface area contributed by atoms with Crippen LogP contribution in [0.2, 0.25) is 5.15 Å². The van der Waals surface area contributed by atoms with Crippen molar-refractivity contribution in [2.75, 3.05) is 6.61 Å². The number of hydrogen-bond acceptors (Lipinski definition) is 5. The number of nitrogens with zero attached hydrogens (tertiary/aromatic N) is 2. The largest absolute Gasteiger partial charge is 0.394 e. The third-order valence-electron chi connectivity index (χ3n) is 1.93. The lowest BCUT2D eigenvalue weighted by molar-refractivity contribution is -0.385. The van der Waals surface area contributed by atoms with Gasteiger partial charge in [-0.15, -0.1) is 0 Å². The van der Waals surface area contributed by atoms with Crippen LogP contribution in [0, 0.1) is 10.1 Å². The van der Waals surface area contributed by atoms with Crippen LogP contribution in [0.25, 0.3) is 0 Å². The van der Waals surface area contributed by atoms with Gasteiger partial charge in [0.1, 0.15) is 11.3 Å².